The van der Waals surface area contributed by atoms with Gasteiger partial charge in [0.05, 0.1) is 10.6 Å². The third-order valence-corrected chi connectivity index (χ3v) is 3.74. The summed E-state index contributed by atoms with van der Waals surface area (Å²) in [5.41, 5.74) is 1.16. The van der Waals surface area contributed by atoms with Gasteiger partial charge in [-0.15, -0.1) is 10.2 Å². The summed E-state index contributed by atoms with van der Waals surface area (Å²) in [7, 11) is 0. The van der Waals surface area contributed by atoms with E-state index in [1.807, 2.05) is 0 Å². The first-order chi connectivity index (χ1) is 11.6. The molecule has 0 fully saturated rings. The maximum absolute atomic E-state index is 12.1. The van der Waals surface area contributed by atoms with Crippen LogP contribution in [0.25, 0.3) is 11.5 Å². The summed E-state index contributed by atoms with van der Waals surface area (Å²) in [5, 5.41) is 11.5. The van der Waals surface area contributed by atoms with E-state index >= 15 is 0 Å². The van der Waals surface area contributed by atoms with E-state index in [9.17, 15) is 4.79 Å². The number of carbonyl (C=O) groups is 1. The number of nitrogens with one attached hydrogen (secondary N) is 1. The molecule has 122 valence electrons. The summed E-state index contributed by atoms with van der Waals surface area (Å²) in [6.45, 7) is 0.343. The van der Waals surface area contributed by atoms with E-state index in [0.717, 1.165) is 5.56 Å². The lowest BCUT2D eigenvalue weighted by Crippen LogP contribution is -2.26. The molecule has 0 aliphatic carbocycles. The fourth-order valence-electron chi connectivity index (χ4n) is 2.02. The molecule has 3 rings (SSSR count). The Labute approximate surface area is 147 Å². The summed E-state index contributed by atoms with van der Waals surface area (Å²) >= 11 is 11.8. The van der Waals surface area contributed by atoms with Gasteiger partial charge in [0.2, 0.25) is 11.8 Å². The summed E-state index contributed by atoms with van der Waals surface area (Å²) < 4.78 is 5.55. The van der Waals surface area contributed by atoms with Crippen molar-refractivity contribution in [1.29, 1.82) is 0 Å². The predicted molar refractivity (Wildman–Crippen MR) is 90.0 cm³/mol. The second-order valence-electron chi connectivity index (χ2n) is 4.87. The number of hydrogen-bond acceptors (Lipinski definition) is 5. The summed E-state index contributed by atoms with van der Waals surface area (Å²) in [6, 6.07) is 8.27. The minimum Gasteiger partial charge on any atom is -0.421 e. The average Bonchev–Trinajstić information content (AvgIpc) is 3.04. The molecule has 1 amide bonds. The van der Waals surface area contributed by atoms with Gasteiger partial charge in [0.25, 0.3) is 5.91 Å². The highest BCUT2D eigenvalue weighted by molar-refractivity contribution is 6.36. The molecule has 0 aliphatic heterocycles. The topological polar surface area (TPSA) is 80.9 Å². The van der Waals surface area contributed by atoms with Gasteiger partial charge in [0.15, 0.2) is 0 Å². The van der Waals surface area contributed by atoms with Crippen LogP contribution in [0.3, 0.4) is 0 Å². The first-order valence-corrected chi connectivity index (χ1v) is 7.85. The van der Waals surface area contributed by atoms with Gasteiger partial charge in [-0.25, -0.2) is 0 Å². The molecular formula is C16H12Cl2N4O2. The van der Waals surface area contributed by atoms with Crippen molar-refractivity contribution in [3.8, 4) is 11.5 Å². The van der Waals surface area contributed by atoms with Crippen LogP contribution in [0.2, 0.25) is 10.0 Å². The summed E-state index contributed by atoms with van der Waals surface area (Å²) in [6.07, 6.45) is 3.71. The molecule has 0 saturated heterocycles. The minimum atomic E-state index is -0.287. The van der Waals surface area contributed by atoms with Crippen LogP contribution in [0, 0.1) is 0 Å². The Kier molecular flexibility index (Phi) is 5.08. The molecule has 0 unspecified atom stereocenters. The number of hydrogen-bond donors (Lipinski definition) is 1. The minimum absolute atomic E-state index is 0.287. The molecule has 1 N–H and O–H groups in total. The molecule has 3 aromatic rings. The molecule has 1 aromatic carbocycles. The van der Waals surface area contributed by atoms with Crippen molar-refractivity contribution in [2.24, 2.45) is 0 Å². The van der Waals surface area contributed by atoms with Crippen molar-refractivity contribution in [2.75, 3.05) is 6.54 Å². The van der Waals surface area contributed by atoms with Crippen LogP contribution in [-0.2, 0) is 6.42 Å². The number of halogens is 2. The van der Waals surface area contributed by atoms with Crippen LogP contribution >= 0.6 is 23.2 Å². The second-order valence-corrected chi connectivity index (χ2v) is 5.71. The summed E-state index contributed by atoms with van der Waals surface area (Å²) in [4.78, 5) is 16.0. The van der Waals surface area contributed by atoms with Crippen molar-refractivity contribution in [3.63, 3.8) is 0 Å². The number of benzene rings is 1. The highest BCUT2D eigenvalue weighted by Crippen LogP contribution is 2.21. The number of pyridine rings is 1. The van der Waals surface area contributed by atoms with Crippen LogP contribution < -0.4 is 5.32 Å². The first kappa shape index (κ1) is 16.4. The van der Waals surface area contributed by atoms with Gasteiger partial charge in [-0.05, 0) is 30.3 Å². The molecule has 24 heavy (non-hydrogen) atoms. The molecule has 6 nitrogen and oxygen atoms in total. The third-order valence-electron chi connectivity index (χ3n) is 3.19. The van der Waals surface area contributed by atoms with Crippen molar-refractivity contribution in [3.05, 3.63) is 64.2 Å². The maximum atomic E-state index is 12.1. The van der Waals surface area contributed by atoms with Gasteiger partial charge in [0, 0.05) is 35.9 Å². The van der Waals surface area contributed by atoms with Gasteiger partial charge in [0.1, 0.15) is 0 Å². The van der Waals surface area contributed by atoms with Crippen LogP contribution in [0.1, 0.15) is 16.2 Å². The molecule has 0 bridgehead atoms. The molecule has 8 heteroatoms. The number of aromatic nitrogens is 3. The van der Waals surface area contributed by atoms with Crippen molar-refractivity contribution in [2.45, 2.75) is 6.42 Å². The van der Waals surface area contributed by atoms with Crippen LogP contribution in [0.5, 0.6) is 0 Å². The molecule has 0 atom stereocenters. The SMILES string of the molecule is O=C(NCCc1nnc(-c2ccncc2)o1)c1ccc(Cl)cc1Cl. The van der Waals surface area contributed by atoms with Gasteiger partial charge in [-0.2, -0.15) is 0 Å². The second kappa shape index (κ2) is 7.42. The van der Waals surface area contributed by atoms with Gasteiger partial charge < -0.3 is 9.73 Å². The normalized spacial score (nSPS) is 10.6. The van der Waals surface area contributed by atoms with E-state index in [1.165, 1.54) is 6.07 Å². The molecule has 2 heterocycles. The predicted octanol–water partition coefficient (Wildman–Crippen LogP) is 3.41. The van der Waals surface area contributed by atoms with Crippen LogP contribution in [-0.4, -0.2) is 27.6 Å². The van der Waals surface area contributed by atoms with Crippen molar-refractivity contribution in [1.82, 2.24) is 20.5 Å². The molecule has 2 aromatic heterocycles. The number of carbonyl (C=O) groups excluding carboxylic acids is 1. The van der Waals surface area contributed by atoms with E-state index in [0.29, 0.717) is 40.4 Å². The standard InChI is InChI=1S/C16H12Cl2N4O2/c17-11-1-2-12(13(18)9-11)15(23)20-8-5-14-21-22-16(24-14)10-3-6-19-7-4-10/h1-4,6-7,9H,5,8H2,(H,20,23). The number of nitrogens with zero attached hydrogens (tertiary/aromatic N) is 3. The number of rotatable bonds is 5. The Morgan fingerprint density at radius 2 is 1.92 bits per heavy atom. The van der Waals surface area contributed by atoms with E-state index < -0.39 is 0 Å². The number of amides is 1. The lowest BCUT2D eigenvalue weighted by Gasteiger charge is -2.05. The molecule has 0 radical (unpaired) electrons. The Morgan fingerprint density at radius 1 is 1.12 bits per heavy atom. The zero-order valence-corrected chi connectivity index (χ0v) is 13.9. The van der Waals surface area contributed by atoms with E-state index in [4.69, 9.17) is 27.6 Å². The molecule has 0 spiro atoms. The molecule has 0 aliphatic rings. The van der Waals surface area contributed by atoms with Gasteiger partial charge in [-0.1, -0.05) is 23.2 Å². The van der Waals surface area contributed by atoms with Crippen LogP contribution in [0.4, 0.5) is 0 Å². The van der Waals surface area contributed by atoms with Crippen LogP contribution in [0.15, 0.2) is 47.1 Å². The first-order valence-electron chi connectivity index (χ1n) is 7.09. The average molecular weight is 363 g/mol. The summed E-state index contributed by atoms with van der Waals surface area (Å²) in [5.74, 6) is 0.564. The highest BCUT2D eigenvalue weighted by atomic mass is 35.5. The monoisotopic (exact) mass is 362 g/mol. The lowest BCUT2D eigenvalue weighted by molar-refractivity contribution is 0.0954. The third kappa shape index (κ3) is 3.90. The molecular weight excluding hydrogens is 351 g/mol. The fourth-order valence-corrected chi connectivity index (χ4v) is 2.51. The largest absolute Gasteiger partial charge is 0.421 e. The lowest BCUT2D eigenvalue weighted by atomic mass is 10.2. The Balaban J connectivity index is 1.57. The smallest absolute Gasteiger partial charge is 0.252 e. The Morgan fingerprint density at radius 3 is 2.67 bits per heavy atom. The Hall–Kier alpha value is -2.44. The van der Waals surface area contributed by atoms with E-state index in [-0.39, 0.29) is 5.91 Å². The zero-order chi connectivity index (χ0) is 16.9. The quantitative estimate of drug-likeness (QED) is 0.751. The maximum Gasteiger partial charge on any atom is 0.252 e. The highest BCUT2D eigenvalue weighted by Gasteiger charge is 2.12. The van der Waals surface area contributed by atoms with E-state index in [1.54, 1.807) is 36.7 Å². The van der Waals surface area contributed by atoms with Crippen molar-refractivity contribution >= 4 is 29.1 Å². The van der Waals surface area contributed by atoms with Gasteiger partial charge >= 0.3 is 0 Å². The van der Waals surface area contributed by atoms with Crippen molar-refractivity contribution < 1.29 is 9.21 Å². The van der Waals surface area contributed by atoms with E-state index in [2.05, 4.69) is 20.5 Å². The Bertz CT molecular complexity index is 852. The van der Waals surface area contributed by atoms with Gasteiger partial charge in [-0.3, -0.25) is 9.78 Å². The fraction of sp³-hybridized carbons (Fsp3) is 0.125. The zero-order valence-electron chi connectivity index (χ0n) is 12.4. The molecule has 0 saturated carbocycles.